The van der Waals surface area contributed by atoms with Crippen LogP contribution in [0.25, 0.3) is 11.3 Å². The van der Waals surface area contributed by atoms with Gasteiger partial charge >= 0.3 is 0 Å². The number of carbonyl (C=O) groups is 1. The Morgan fingerprint density at radius 3 is 2.74 bits per heavy atom. The highest BCUT2D eigenvalue weighted by Gasteiger charge is 2.18. The van der Waals surface area contributed by atoms with E-state index in [4.69, 9.17) is 9.73 Å². The number of rotatable bonds is 4. The topological polar surface area (TPSA) is 88.2 Å². The average molecular weight is 614 g/mol. The van der Waals surface area contributed by atoms with Gasteiger partial charge in [0.1, 0.15) is 11.5 Å². The third kappa shape index (κ3) is 5.09. The number of aromatic nitrogens is 1. The summed E-state index contributed by atoms with van der Waals surface area (Å²) in [7, 11) is 0. The maximum absolute atomic E-state index is 11.8. The van der Waals surface area contributed by atoms with Gasteiger partial charge in [0, 0.05) is 21.0 Å². The van der Waals surface area contributed by atoms with E-state index >= 15 is 0 Å². The lowest BCUT2D eigenvalue weighted by Gasteiger charge is -2.18. The number of hydrogen-bond donors (Lipinski definition) is 2. The Morgan fingerprint density at radius 2 is 1.94 bits per heavy atom. The fourth-order valence-electron chi connectivity index (χ4n) is 3.46. The quantitative estimate of drug-likeness (QED) is 0.269. The molecule has 35 heavy (non-hydrogen) atoms. The molecule has 1 aliphatic rings. The second-order valence-corrected chi connectivity index (χ2v) is 10.4. The molecule has 1 aromatic heterocycles. The number of carbonyl (C=O) groups excluding carboxylic acids is 1. The maximum atomic E-state index is 11.8. The lowest BCUT2D eigenvalue weighted by Crippen LogP contribution is -2.25. The molecule has 0 spiro atoms. The van der Waals surface area contributed by atoms with Gasteiger partial charge in [0.05, 0.1) is 27.8 Å². The Labute approximate surface area is 221 Å². The number of amides is 1. The summed E-state index contributed by atoms with van der Waals surface area (Å²) < 4.78 is 8.56. The molecule has 0 unspecified atom stereocenters. The molecule has 2 heterocycles. The number of phenolic OH excluding ortho intramolecular Hbond substituents is 1. The van der Waals surface area contributed by atoms with Crippen LogP contribution in [0.4, 0.5) is 11.4 Å². The van der Waals surface area contributed by atoms with Crippen molar-refractivity contribution in [1.29, 1.82) is 0 Å². The van der Waals surface area contributed by atoms with Gasteiger partial charge in [-0.2, -0.15) is 5.10 Å². The summed E-state index contributed by atoms with van der Waals surface area (Å²) in [5.74, 6) is 0.503. The molecule has 176 valence electrons. The number of benzene rings is 3. The Bertz CT molecular complexity index is 1540. The third-order valence-corrected chi connectivity index (χ3v) is 7.10. The third-order valence-electron chi connectivity index (χ3n) is 5.22. The van der Waals surface area contributed by atoms with Crippen molar-refractivity contribution >= 4 is 66.7 Å². The van der Waals surface area contributed by atoms with Gasteiger partial charge in [-0.1, -0.05) is 33.6 Å². The summed E-state index contributed by atoms with van der Waals surface area (Å²) in [5.41, 5.74) is 4.68. The molecular formula is C25H18Br2N4O3S. The van der Waals surface area contributed by atoms with Crippen LogP contribution in [0, 0.1) is 6.92 Å². The van der Waals surface area contributed by atoms with Crippen LogP contribution >= 0.6 is 43.2 Å². The monoisotopic (exact) mass is 612 g/mol. The van der Waals surface area contributed by atoms with Crippen LogP contribution < -0.4 is 14.9 Å². The summed E-state index contributed by atoms with van der Waals surface area (Å²) >= 11 is 8.25. The van der Waals surface area contributed by atoms with E-state index in [9.17, 15) is 9.90 Å². The molecule has 0 aliphatic carbocycles. The SMILES string of the molecule is Cc1ccc(N=c2scc(-c3ccc4c(c3)NC(=O)CO4)n2N=Cc2cc(Br)cc(Br)c2O)cc1. The predicted octanol–water partition coefficient (Wildman–Crippen LogP) is 6.20. The molecule has 0 bridgehead atoms. The van der Waals surface area contributed by atoms with Crippen LogP contribution in [0.2, 0.25) is 0 Å². The zero-order chi connectivity index (χ0) is 24.5. The minimum absolute atomic E-state index is 0.000354. The highest BCUT2D eigenvalue weighted by molar-refractivity contribution is 9.11. The van der Waals surface area contributed by atoms with Gasteiger partial charge in [0.25, 0.3) is 5.91 Å². The van der Waals surface area contributed by atoms with Crippen molar-refractivity contribution in [2.24, 2.45) is 10.1 Å². The highest BCUT2D eigenvalue weighted by Crippen LogP contribution is 2.34. The number of ether oxygens (including phenoxy) is 1. The van der Waals surface area contributed by atoms with Crippen LogP contribution in [0.5, 0.6) is 11.5 Å². The molecule has 3 aromatic carbocycles. The zero-order valence-electron chi connectivity index (χ0n) is 18.3. The van der Waals surface area contributed by atoms with E-state index in [0.29, 0.717) is 26.3 Å². The average Bonchev–Trinajstić information content (AvgIpc) is 3.23. The van der Waals surface area contributed by atoms with Gasteiger partial charge in [-0.15, -0.1) is 11.3 Å². The molecule has 10 heteroatoms. The predicted molar refractivity (Wildman–Crippen MR) is 145 cm³/mol. The molecule has 1 amide bonds. The smallest absolute Gasteiger partial charge is 0.262 e. The van der Waals surface area contributed by atoms with Crippen LogP contribution in [-0.2, 0) is 4.79 Å². The van der Waals surface area contributed by atoms with E-state index in [-0.39, 0.29) is 18.3 Å². The molecule has 0 saturated carbocycles. The van der Waals surface area contributed by atoms with E-state index < -0.39 is 0 Å². The summed E-state index contributed by atoms with van der Waals surface area (Å²) in [5, 5.41) is 20.0. The van der Waals surface area contributed by atoms with Gasteiger partial charge in [-0.05, 0) is 65.3 Å². The largest absolute Gasteiger partial charge is 0.506 e. The molecule has 4 aromatic rings. The number of anilines is 1. The standard InChI is InChI=1S/C25H18Br2N4O3S/c1-14-2-5-18(6-3-14)29-25-31(28-11-16-8-17(26)10-19(27)24(16)33)21(13-35-25)15-4-7-22-20(9-15)30-23(32)12-34-22/h2-11,13,33H,12H2,1H3,(H,30,32). The number of phenols is 1. The minimum atomic E-state index is -0.198. The lowest BCUT2D eigenvalue weighted by molar-refractivity contribution is -0.118. The van der Waals surface area contributed by atoms with E-state index in [1.807, 2.05) is 54.8 Å². The van der Waals surface area contributed by atoms with Gasteiger partial charge in [0.15, 0.2) is 6.61 Å². The first-order valence-corrected chi connectivity index (χ1v) is 13.0. The second-order valence-electron chi connectivity index (χ2n) is 7.78. The van der Waals surface area contributed by atoms with Crippen LogP contribution in [-0.4, -0.2) is 28.5 Å². The highest BCUT2D eigenvalue weighted by atomic mass is 79.9. The number of halogens is 2. The van der Waals surface area contributed by atoms with Crippen LogP contribution in [0.15, 0.2) is 79.0 Å². The van der Waals surface area contributed by atoms with Crippen molar-refractivity contribution in [2.45, 2.75) is 6.92 Å². The Morgan fingerprint density at radius 1 is 1.14 bits per heavy atom. The zero-order valence-corrected chi connectivity index (χ0v) is 22.3. The number of nitrogens with one attached hydrogen (secondary N) is 1. The van der Waals surface area contributed by atoms with Crippen LogP contribution in [0.1, 0.15) is 11.1 Å². The fourth-order valence-corrected chi connectivity index (χ4v) is 5.58. The van der Waals surface area contributed by atoms with Gasteiger partial charge in [-0.25, -0.2) is 9.67 Å². The van der Waals surface area contributed by atoms with Gasteiger partial charge in [-0.3, -0.25) is 4.79 Å². The Kier molecular flexibility index (Phi) is 6.59. The van der Waals surface area contributed by atoms with E-state index in [0.717, 1.165) is 27.0 Å². The molecule has 5 rings (SSSR count). The number of nitrogens with zero attached hydrogens (tertiary/aromatic N) is 3. The number of aryl methyl sites for hydroxylation is 1. The first kappa shape index (κ1) is 23.5. The molecule has 0 atom stereocenters. The number of aromatic hydroxyl groups is 1. The molecule has 0 saturated heterocycles. The maximum Gasteiger partial charge on any atom is 0.262 e. The normalized spacial score (nSPS) is 13.6. The number of hydrogen-bond acceptors (Lipinski definition) is 6. The summed E-state index contributed by atoms with van der Waals surface area (Å²) in [6, 6.07) is 17.0. The van der Waals surface area contributed by atoms with Crippen molar-refractivity contribution < 1.29 is 14.6 Å². The molecular weight excluding hydrogens is 596 g/mol. The van der Waals surface area contributed by atoms with Gasteiger partial charge < -0.3 is 15.2 Å². The molecule has 0 fully saturated rings. The van der Waals surface area contributed by atoms with E-state index in [1.165, 1.54) is 11.3 Å². The summed E-state index contributed by atoms with van der Waals surface area (Å²) in [6.07, 6.45) is 1.58. The molecule has 1 aliphatic heterocycles. The molecule has 7 nitrogen and oxygen atoms in total. The Balaban J connectivity index is 1.65. The molecule has 0 radical (unpaired) electrons. The van der Waals surface area contributed by atoms with Crippen molar-refractivity contribution in [3.8, 4) is 22.8 Å². The fraction of sp³-hybridized carbons (Fsp3) is 0.0800. The van der Waals surface area contributed by atoms with E-state index in [1.54, 1.807) is 23.0 Å². The molecule has 2 N–H and O–H groups in total. The number of thiazole rings is 1. The van der Waals surface area contributed by atoms with Crippen LogP contribution in [0.3, 0.4) is 0 Å². The number of fused-ring (bicyclic) bond motifs is 1. The summed E-state index contributed by atoms with van der Waals surface area (Å²) in [6.45, 7) is 2.03. The Hall–Kier alpha value is -3.21. The first-order valence-electron chi connectivity index (χ1n) is 10.5. The summed E-state index contributed by atoms with van der Waals surface area (Å²) in [4.78, 5) is 17.2. The second kappa shape index (κ2) is 9.80. The van der Waals surface area contributed by atoms with E-state index in [2.05, 4.69) is 42.3 Å². The lowest BCUT2D eigenvalue weighted by atomic mass is 10.1. The van der Waals surface area contributed by atoms with Gasteiger partial charge in [0.2, 0.25) is 4.80 Å². The first-order chi connectivity index (χ1) is 16.9. The van der Waals surface area contributed by atoms with Crippen molar-refractivity contribution in [3.63, 3.8) is 0 Å². The van der Waals surface area contributed by atoms with Crippen molar-refractivity contribution in [3.05, 3.63) is 84.9 Å². The minimum Gasteiger partial charge on any atom is -0.506 e. The van der Waals surface area contributed by atoms with Crippen molar-refractivity contribution in [1.82, 2.24) is 4.68 Å². The van der Waals surface area contributed by atoms with Crippen molar-refractivity contribution in [2.75, 3.05) is 11.9 Å².